The van der Waals surface area contributed by atoms with Crippen LogP contribution < -0.4 is 0 Å². The second kappa shape index (κ2) is 3.88. The molecule has 0 unspecified atom stereocenters. The van der Waals surface area contributed by atoms with E-state index in [1.165, 1.54) is 11.4 Å². The summed E-state index contributed by atoms with van der Waals surface area (Å²) in [5, 5.41) is 0. The Kier molecular flexibility index (Phi) is 3.30. The van der Waals surface area contributed by atoms with Gasteiger partial charge in [-0.3, -0.25) is 0 Å². The molecule has 1 heteroatoms. The van der Waals surface area contributed by atoms with E-state index >= 15 is 0 Å². The molecule has 0 aromatic rings. The summed E-state index contributed by atoms with van der Waals surface area (Å²) in [7, 11) is 0. The molecule has 12 heavy (non-hydrogen) atoms. The van der Waals surface area contributed by atoms with Crippen molar-refractivity contribution < 1.29 is 0 Å². The van der Waals surface area contributed by atoms with Crippen molar-refractivity contribution in [3.8, 4) is 0 Å². The van der Waals surface area contributed by atoms with Crippen LogP contribution in [0.1, 0.15) is 34.1 Å². The van der Waals surface area contributed by atoms with Crippen molar-refractivity contribution in [2.75, 3.05) is 0 Å². The summed E-state index contributed by atoms with van der Waals surface area (Å²) in [6, 6.07) is 0. The predicted octanol–water partition coefficient (Wildman–Crippen LogP) is 3.73. The van der Waals surface area contributed by atoms with Gasteiger partial charge in [-0.05, 0) is 0 Å². The van der Waals surface area contributed by atoms with Crippen molar-refractivity contribution in [3.63, 3.8) is 0 Å². The fraction of sp³-hybridized carbons (Fsp3) is 0.636. The molecule has 1 aliphatic rings. The Bertz CT molecular complexity index is 246. The van der Waals surface area contributed by atoms with Crippen molar-refractivity contribution in [1.82, 2.24) is 0 Å². The van der Waals surface area contributed by atoms with E-state index in [9.17, 15) is 0 Å². The molecule has 0 spiro atoms. The molecule has 0 atom stereocenters. The quantitative estimate of drug-likeness (QED) is 0.623. The molecule has 0 bridgehead atoms. The number of hydrogen-bond donors (Lipinski definition) is 0. The van der Waals surface area contributed by atoms with Crippen LogP contribution in [-0.2, 0) is 0 Å². The minimum atomic E-state index is -0.988. The van der Waals surface area contributed by atoms with Gasteiger partial charge in [-0.25, -0.2) is 0 Å². The van der Waals surface area contributed by atoms with Crippen LogP contribution in [-0.4, -0.2) is 16.2 Å². The SMILES string of the molecule is C[CH2][Ga]([CH3])[C]1=C(C)C(C)=C(C)C1. The molecule has 0 aromatic carbocycles. The number of hydrogen-bond acceptors (Lipinski definition) is 0. The van der Waals surface area contributed by atoms with Crippen LogP contribution in [0, 0.1) is 0 Å². The van der Waals surface area contributed by atoms with Gasteiger partial charge in [0.1, 0.15) is 0 Å². The molecule has 1 rings (SSSR count). The van der Waals surface area contributed by atoms with Crippen LogP contribution in [0.5, 0.6) is 0 Å². The van der Waals surface area contributed by atoms with Gasteiger partial charge in [0.2, 0.25) is 0 Å². The average molecular weight is 221 g/mol. The third-order valence-electron chi connectivity index (χ3n) is 3.35. The Morgan fingerprint density at radius 3 is 2.08 bits per heavy atom. The summed E-state index contributed by atoms with van der Waals surface area (Å²) in [6.45, 7) is 9.24. The van der Waals surface area contributed by atoms with E-state index in [-0.39, 0.29) is 0 Å². The zero-order valence-electron chi connectivity index (χ0n) is 8.99. The third kappa shape index (κ3) is 1.72. The number of rotatable bonds is 2. The molecule has 0 aromatic heterocycles. The molecule has 1 aliphatic carbocycles. The zero-order valence-corrected chi connectivity index (χ0v) is 11.4. The molecule has 0 N–H and O–H groups in total. The maximum atomic E-state index is 2.53. The van der Waals surface area contributed by atoms with Crippen molar-refractivity contribution in [3.05, 3.63) is 20.8 Å². The van der Waals surface area contributed by atoms with Crippen LogP contribution in [0.25, 0.3) is 0 Å². The molecule has 0 saturated heterocycles. The van der Waals surface area contributed by atoms with Crippen molar-refractivity contribution >= 4 is 16.2 Å². The van der Waals surface area contributed by atoms with E-state index in [1.54, 1.807) is 16.7 Å². The summed E-state index contributed by atoms with van der Waals surface area (Å²) in [4.78, 5) is 1.46. The zero-order chi connectivity index (χ0) is 9.30. The van der Waals surface area contributed by atoms with Gasteiger partial charge >= 0.3 is 81.6 Å². The minimum absolute atomic E-state index is 0.988. The topological polar surface area (TPSA) is 0 Å². The van der Waals surface area contributed by atoms with Gasteiger partial charge in [0.15, 0.2) is 0 Å². The van der Waals surface area contributed by atoms with Gasteiger partial charge in [0.25, 0.3) is 0 Å². The van der Waals surface area contributed by atoms with E-state index in [0.717, 1.165) is 0 Å². The van der Waals surface area contributed by atoms with Crippen molar-refractivity contribution in [2.24, 2.45) is 0 Å². The van der Waals surface area contributed by atoms with E-state index < -0.39 is 16.2 Å². The second-order valence-electron chi connectivity index (χ2n) is 4.04. The molecular formula is C11H19Ga. The maximum absolute atomic E-state index is 2.53. The Morgan fingerprint density at radius 1 is 1.17 bits per heavy atom. The van der Waals surface area contributed by atoms with Crippen molar-refractivity contribution in [1.29, 1.82) is 0 Å². The fourth-order valence-corrected chi connectivity index (χ4v) is 6.31. The van der Waals surface area contributed by atoms with Crippen LogP contribution >= 0.6 is 0 Å². The van der Waals surface area contributed by atoms with Gasteiger partial charge in [-0.2, -0.15) is 0 Å². The third-order valence-corrected chi connectivity index (χ3v) is 9.75. The van der Waals surface area contributed by atoms with Gasteiger partial charge in [-0.15, -0.1) is 0 Å². The van der Waals surface area contributed by atoms with Crippen LogP contribution in [0.2, 0.25) is 10.5 Å². The van der Waals surface area contributed by atoms with Gasteiger partial charge < -0.3 is 0 Å². The molecule has 0 heterocycles. The normalized spacial score (nSPS) is 17.8. The predicted molar refractivity (Wildman–Crippen MR) is 57.8 cm³/mol. The first-order valence-corrected chi connectivity index (χ1v) is 10.3. The van der Waals surface area contributed by atoms with Crippen LogP contribution in [0.15, 0.2) is 20.8 Å². The number of allylic oxidation sites excluding steroid dienone is 4. The molecule has 0 radical (unpaired) electrons. The first-order valence-electron chi connectivity index (χ1n) is 4.94. The summed E-state index contributed by atoms with van der Waals surface area (Å²) >= 11 is -0.988. The molecule has 0 saturated carbocycles. The summed E-state index contributed by atoms with van der Waals surface area (Å²) in [5.74, 6) is 0. The Labute approximate surface area is 81.8 Å². The standard InChI is InChI=1S/C8H11.C2H5.CH3.Ga/c1-6-4-5-7(2)8(6)3;1-2;;/h4H2,1-3H3;1H2,2H3;1H3;. The van der Waals surface area contributed by atoms with Gasteiger partial charge in [0.05, 0.1) is 0 Å². The molecule has 0 amide bonds. The van der Waals surface area contributed by atoms with Gasteiger partial charge in [0, 0.05) is 0 Å². The van der Waals surface area contributed by atoms with Crippen molar-refractivity contribution in [2.45, 2.75) is 44.6 Å². The molecular weight excluding hydrogens is 202 g/mol. The average Bonchev–Trinajstić information content (AvgIpc) is 2.32. The van der Waals surface area contributed by atoms with Gasteiger partial charge in [-0.1, -0.05) is 0 Å². The molecule has 66 valence electrons. The van der Waals surface area contributed by atoms with E-state index in [0.29, 0.717) is 0 Å². The van der Waals surface area contributed by atoms with E-state index in [4.69, 9.17) is 0 Å². The van der Waals surface area contributed by atoms with Crippen LogP contribution in [0.4, 0.5) is 0 Å². The monoisotopic (exact) mass is 220 g/mol. The Morgan fingerprint density at radius 2 is 1.75 bits per heavy atom. The fourth-order valence-electron chi connectivity index (χ4n) is 1.90. The summed E-state index contributed by atoms with van der Waals surface area (Å²) in [6.07, 6.45) is 1.31. The van der Waals surface area contributed by atoms with E-state index in [2.05, 4.69) is 33.2 Å². The van der Waals surface area contributed by atoms with Crippen LogP contribution in [0.3, 0.4) is 0 Å². The molecule has 0 fully saturated rings. The van der Waals surface area contributed by atoms with E-state index in [1.807, 2.05) is 4.13 Å². The summed E-state index contributed by atoms with van der Waals surface area (Å²) in [5.41, 5.74) is 7.36. The molecule has 0 aliphatic heterocycles. The molecule has 0 nitrogen and oxygen atoms in total. The second-order valence-corrected chi connectivity index (χ2v) is 11.0. The Hall–Kier alpha value is 0.116. The first kappa shape index (κ1) is 10.2. The summed E-state index contributed by atoms with van der Waals surface area (Å²) < 4.78 is 1.86. The Balaban J connectivity index is 2.86. The first-order chi connectivity index (χ1) is 5.57.